The maximum absolute atomic E-state index is 11.8. The van der Waals surface area contributed by atoms with E-state index in [9.17, 15) is 9.59 Å². The molecule has 0 aromatic carbocycles. The normalized spacial score (nSPS) is 31.8. The molecule has 4 nitrogen and oxygen atoms in total. The summed E-state index contributed by atoms with van der Waals surface area (Å²) >= 11 is 0. The molecular weight excluding hydrogens is 216 g/mol. The molecule has 4 heteroatoms. The molecule has 17 heavy (non-hydrogen) atoms. The Bertz CT molecular complexity index is 317. The van der Waals surface area contributed by atoms with Crippen molar-refractivity contribution in [2.45, 2.75) is 51.1 Å². The largest absolute Gasteiger partial charge is 0.358 e. The van der Waals surface area contributed by atoms with Gasteiger partial charge in [-0.2, -0.15) is 0 Å². The van der Waals surface area contributed by atoms with Crippen molar-refractivity contribution < 1.29 is 9.59 Å². The van der Waals surface area contributed by atoms with Gasteiger partial charge in [-0.3, -0.25) is 14.5 Å². The zero-order valence-corrected chi connectivity index (χ0v) is 10.7. The monoisotopic (exact) mass is 238 g/mol. The topological polar surface area (TPSA) is 49.4 Å². The molecule has 2 rings (SSSR count). The van der Waals surface area contributed by atoms with E-state index in [1.54, 1.807) is 7.05 Å². The van der Waals surface area contributed by atoms with Crippen LogP contribution >= 0.6 is 0 Å². The van der Waals surface area contributed by atoms with E-state index in [1.165, 1.54) is 0 Å². The molecule has 2 aliphatic rings. The Labute approximate surface area is 103 Å². The van der Waals surface area contributed by atoms with Gasteiger partial charge in [0.2, 0.25) is 5.91 Å². The lowest BCUT2D eigenvalue weighted by Crippen LogP contribution is -2.49. The third-order valence-electron chi connectivity index (χ3n) is 4.28. The summed E-state index contributed by atoms with van der Waals surface area (Å²) in [4.78, 5) is 25.8. The summed E-state index contributed by atoms with van der Waals surface area (Å²) in [6.07, 6.45) is 4.96. The lowest BCUT2D eigenvalue weighted by atomic mass is 9.94. The van der Waals surface area contributed by atoms with Crippen molar-refractivity contribution in [1.29, 1.82) is 0 Å². The van der Waals surface area contributed by atoms with E-state index in [0.29, 0.717) is 11.8 Å². The Morgan fingerprint density at radius 2 is 2.18 bits per heavy atom. The van der Waals surface area contributed by atoms with Gasteiger partial charge >= 0.3 is 0 Å². The number of hydrogen-bond donors (Lipinski definition) is 1. The SMILES string of the molecule is CNC(=O)C(C)N1CCCC1C1CCCC1=O. The number of carbonyl (C=O) groups excluding carboxylic acids is 2. The van der Waals surface area contributed by atoms with Gasteiger partial charge in [0.1, 0.15) is 5.78 Å². The highest BCUT2D eigenvalue weighted by Gasteiger charge is 2.40. The van der Waals surface area contributed by atoms with Gasteiger partial charge in [-0.25, -0.2) is 0 Å². The number of nitrogens with zero attached hydrogens (tertiary/aromatic N) is 1. The predicted molar refractivity (Wildman–Crippen MR) is 65.6 cm³/mol. The molecule has 0 spiro atoms. The van der Waals surface area contributed by atoms with Crippen molar-refractivity contribution in [3.8, 4) is 0 Å². The Balaban J connectivity index is 2.06. The first-order valence-corrected chi connectivity index (χ1v) is 6.65. The highest BCUT2D eigenvalue weighted by molar-refractivity contribution is 5.84. The van der Waals surface area contributed by atoms with Crippen molar-refractivity contribution in [3.63, 3.8) is 0 Å². The molecule has 1 N–H and O–H groups in total. The molecule has 1 heterocycles. The van der Waals surface area contributed by atoms with Crippen LogP contribution in [0.25, 0.3) is 0 Å². The number of likely N-dealkylation sites (tertiary alicyclic amines) is 1. The van der Waals surface area contributed by atoms with Gasteiger partial charge in [-0.15, -0.1) is 0 Å². The Hall–Kier alpha value is -0.900. The number of likely N-dealkylation sites (N-methyl/N-ethyl adjacent to an activating group) is 1. The van der Waals surface area contributed by atoms with Crippen molar-refractivity contribution in [2.75, 3.05) is 13.6 Å². The average Bonchev–Trinajstić information content (AvgIpc) is 2.94. The zero-order valence-electron chi connectivity index (χ0n) is 10.7. The quantitative estimate of drug-likeness (QED) is 0.796. The number of rotatable bonds is 3. The maximum atomic E-state index is 11.8. The number of ketones is 1. The summed E-state index contributed by atoms with van der Waals surface area (Å²) < 4.78 is 0. The summed E-state index contributed by atoms with van der Waals surface area (Å²) in [5.74, 6) is 0.651. The fourth-order valence-corrected chi connectivity index (χ4v) is 3.34. The van der Waals surface area contributed by atoms with Crippen molar-refractivity contribution in [1.82, 2.24) is 10.2 Å². The highest BCUT2D eigenvalue weighted by atomic mass is 16.2. The minimum atomic E-state index is -0.110. The van der Waals surface area contributed by atoms with Gasteiger partial charge in [0.15, 0.2) is 0 Å². The van der Waals surface area contributed by atoms with Crippen molar-refractivity contribution >= 4 is 11.7 Å². The van der Waals surface area contributed by atoms with Crippen LogP contribution in [0.5, 0.6) is 0 Å². The number of carbonyl (C=O) groups is 2. The summed E-state index contributed by atoms with van der Waals surface area (Å²) in [7, 11) is 1.67. The molecule has 0 aromatic heterocycles. The molecule has 0 radical (unpaired) electrons. The van der Waals surface area contributed by atoms with Crippen LogP contribution in [0, 0.1) is 5.92 Å². The van der Waals surface area contributed by atoms with E-state index in [2.05, 4.69) is 10.2 Å². The predicted octanol–water partition coefficient (Wildman–Crippen LogP) is 0.954. The van der Waals surface area contributed by atoms with Gasteiger partial charge in [0.25, 0.3) is 0 Å². The van der Waals surface area contributed by atoms with Gasteiger partial charge < -0.3 is 5.32 Å². The molecule has 1 saturated heterocycles. The van der Waals surface area contributed by atoms with Crippen LogP contribution in [-0.4, -0.2) is 42.3 Å². The number of nitrogens with one attached hydrogen (secondary N) is 1. The Morgan fingerprint density at radius 3 is 2.76 bits per heavy atom. The molecule has 96 valence electrons. The molecule has 3 atom stereocenters. The van der Waals surface area contributed by atoms with Crippen LogP contribution in [0.15, 0.2) is 0 Å². The molecule has 0 aromatic rings. The molecule has 1 aliphatic carbocycles. The van der Waals surface area contributed by atoms with E-state index in [4.69, 9.17) is 0 Å². The standard InChI is InChI=1S/C13H22N2O2/c1-9(13(17)14-2)15-8-4-6-11(15)10-5-3-7-12(10)16/h9-11H,3-8H2,1-2H3,(H,14,17). The molecular formula is C13H22N2O2. The third-order valence-corrected chi connectivity index (χ3v) is 4.28. The second kappa shape index (κ2) is 5.17. The molecule has 0 bridgehead atoms. The first kappa shape index (κ1) is 12.6. The van der Waals surface area contributed by atoms with Crippen LogP contribution < -0.4 is 5.32 Å². The van der Waals surface area contributed by atoms with Crippen LogP contribution in [0.1, 0.15) is 39.0 Å². The molecule has 1 amide bonds. The second-order valence-electron chi connectivity index (χ2n) is 5.20. The maximum Gasteiger partial charge on any atom is 0.236 e. The van der Waals surface area contributed by atoms with E-state index in [0.717, 1.165) is 38.6 Å². The van der Waals surface area contributed by atoms with Gasteiger partial charge in [-0.1, -0.05) is 0 Å². The summed E-state index contributed by atoms with van der Waals surface area (Å²) in [6, 6.07) is 0.193. The van der Waals surface area contributed by atoms with Gasteiger partial charge in [-0.05, 0) is 39.2 Å². The Kier molecular flexibility index (Phi) is 3.82. The summed E-state index contributed by atoms with van der Waals surface area (Å²) in [6.45, 7) is 2.89. The third kappa shape index (κ3) is 2.37. The first-order valence-electron chi connectivity index (χ1n) is 6.65. The first-order chi connectivity index (χ1) is 8.15. The van der Waals surface area contributed by atoms with E-state index in [-0.39, 0.29) is 17.9 Å². The van der Waals surface area contributed by atoms with Gasteiger partial charge in [0, 0.05) is 25.4 Å². The van der Waals surface area contributed by atoms with Crippen molar-refractivity contribution in [2.24, 2.45) is 5.92 Å². The average molecular weight is 238 g/mol. The fraction of sp³-hybridized carbons (Fsp3) is 0.846. The number of Topliss-reactive ketones (excluding diaryl/α,β-unsaturated/α-hetero) is 1. The van der Waals surface area contributed by atoms with Crippen molar-refractivity contribution in [3.05, 3.63) is 0 Å². The van der Waals surface area contributed by atoms with E-state index < -0.39 is 0 Å². The number of amides is 1. The van der Waals surface area contributed by atoms with Gasteiger partial charge in [0.05, 0.1) is 6.04 Å². The molecule has 3 unspecified atom stereocenters. The minimum absolute atomic E-state index is 0.0577. The lowest BCUT2D eigenvalue weighted by Gasteiger charge is -2.32. The number of hydrogen-bond acceptors (Lipinski definition) is 3. The molecule has 2 fully saturated rings. The van der Waals surface area contributed by atoms with Crippen LogP contribution in [0.4, 0.5) is 0 Å². The fourth-order valence-electron chi connectivity index (χ4n) is 3.34. The highest BCUT2D eigenvalue weighted by Crippen LogP contribution is 2.34. The minimum Gasteiger partial charge on any atom is -0.358 e. The van der Waals surface area contributed by atoms with Crippen LogP contribution in [-0.2, 0) is 9.59 Å². The molecule has 1 aliphatic heterocycles. The lowest BCUT2D eigenvalue weighted by molar-refractivity contribution is -0.128. The second-order valence-corrected chi connectivity index (χ2v) is 5.20. The van der Waals surface area contributed by atoms with E-state index >= 15 is 0 Å². The van der Waals surface area contributed by atoms with E-state index in [1.807, 2.05) is 6.92 Å². The Morgan fingerprint density at radius 1 is 1.41 bits per heavy atom. The van der Waals surface area contributed by atoms with Crippen LogP contribution in [0.2, 0.25) is 0 Å². The zero-order chi connectivity index (χ0) is 12.4. The van der Waals surface area contributed by atoms with Crippen LogP contribution in [0.3, 0.4) is 0 Å². The smallest absolute Gasteiger partial charge is 0.236 e. The molecule has 1 saturated carbocycles. The summed E-state index contributed by atoms with van der Waals surface area (Å²) in [5.41, 5.74) is 0. The summed E-state index contributed by atoms with van der Waals surface area (Å²) in [5, 5.41) is 2.70.